The van der Waals surface area contributed by atoms with Gasteiger partial charge in [-0.3, -0.25) is 9.89 Å². The van der Waals surface area contributed by atoms with Gasteiger partial charge in [0, 0.05) is 10.9 Å². The number of aromatic amines is 1. The molecule has 0 spiro atoms. The minimum atomic E-state index is -0.258. The molecule has 0 saturated heterocycles. The Morgan fingerprint density at radius 3 is 2.65 bits per heavy atom. The van der Waals surface area contributed by atoms with Crippen molar-refractivity contribution in [3.05, 3.63) is 47.0 Å². The first-order chi connectivity index (χ1) is 9.58. The van der Waals surface area contributed by atoms with E-state index in [0.717, 1.165) is 27.9 Å². The molecule has 0 aliphatic carbocycles. The van der Waals surface area contributed by atoms with Gasteiger partial charge < -0.3 is 9.73 Å². The molecule has 20 heavy (non-hydrogen) atoms. The standard InChI is InChI=1S/C15H15N3O2/c1-8-11-6-4-5-7-12(11)20-14(8)15(19)16-13-9(2)17-18-10(13)3/h4-7H,1-3H3,(H,16,19)(H,17,18). The van der Waals surface area contributed by atoms with Crippen LogP contribution in [-0.4, -0.2) is 16.1 Å². The molecule has 2 aromatic heterocycles. The highest BCUT2D eigenvalue weighted by molar-refractivity contribution is 6.06. The van der Waals surface area contributed by atoms with Crippen molar-refractivity contribution < 1.29 is 9.21 Å². The quantitative estimate of drug-likeness (QED) is 0.749. The largest absolute Gasteiger partial charge is 0.451 e. The zero-order chi connectivity index (χ0) is 14.3. The summed E-state index contributed by atoms with van der Waals surface area (Å²) in [7, 11) is 0. The second kappa shape index (κ2) is 4.52. The second-order valence-electron chi connectivity index (χ2n) is 4.82. The number of benzene rings is 1. The molecule has 0 aliphatic rings. The van der Waals surface area contributed by atoms with Crippen molar-refractivity contribution in [1.29, 1.82) is 0 Å². The smallest absolute Gasteiger partial charge is 0.291 e. The Morgan fingerprint density at radius 2 is 2.00 bits per heavy atom. The lowest BCUT2D eigenvalue weighted by atomic mass is 10.1. The van der Waals surface area contributed by atoms with Crippen LogP contribution in [0.4, 0.5) is 5.69 Å². The predicted molar refractivity (Wildman–Crippen MR) is 77.0 cm³/mol. The van der Waals surface area contributed by atoms with Crippen LogP contribution in [0.5, 0.6) is 0 Å². The molecule has 102 valence electrons. The highest BCUT2D eigenvalue weighted by atomic mass is 16.3. The van der Waals surface area contributed by atoms with Crippen molar-refractivity contribution in [3.63, 3.8) is 0 Å². The molecule has 1 aromatic carbocycles. The number of para-hydroxylation sites is 1. The fourth-order valence-corrected chi connectivity index (χ4v) is 2.30. The lowest BCUT2D eigenvalue weighted by Gasteiger charge is -2.03. The van der Waals surface area contributed by atoms with E-state index in [1.807, 2.05) is 45.0 Å². The number of aryl methyl sites for hydroxylation is 3. The fraction of sp³-hybridized carbons (Fsp3) is 0.200. The van der Waals surface area contributed by atoms with Crippen LogP contribution in [-0.2, 0) is 0 Å². The third-order valence-corrected chi connectivity index (χ3v) is 3.42. The molecule has 3 rings (SSSR count). The van der Waals surface area contributed by atoms with Gasteiger partial charge in [-0.05, 0) is 26.8 Å². The molecule has 3 aromatic rings. The van der Waals surface area contributed by atoms with E-state index in [1.54, 1.807) is 0 Å². The Hall–Kier alpha value is -2.56. The Morgan fingerprint density at radius 1 is 1.25 bits per heavy atom. The summed E-state index contributed by atoms with van der Waals surface area (Å²) in [5, 5.41) is 10.7. The molecule has 0 aliphatic heterocycles. The lowest BCUT2D eigenvalue weighted by Crippen LogP contribution is -2.13. The Labute approximate surface area is 116 Å². The number of H-pyrrole nitrogens is 1. The van der Waals surface area contributed by atoms with Crippen LogP contribution < -0.4 is 5.32 Å². The molecule has 2 heterocycles. The number of rotatable bonds is 2. The number of hydrogen-bond acceptors (Lipinski definition) is 3. The Bertz CT molecular complexity index is 779. The predicted octanol–water partition coefficient (Wildman–Crippen LogP) is 3.33. The number of carbonyl (C=O) groups is 1. The van der Waals surface area contributed by atoms with Gasteiger partial charge in [0.1, 0.15) is 5.58 Å². The third-order valence-electron chi connectivity index (χ3n) is 3.42. The van der Waals surface area contributed by atoms with E-state index in [2.05, 4.69) is 15.5 Å². The molecule has 0 unspecified atom stereocenters. The number of aromatic nitrogens is 2. The average Bonchev–Trinajstić information content (AvgIpc) is 2.94. The first-order valence-corrected chi connectivity index (χ1v) is 6.39. The minimum absolute atomic E-state index is 0.258. The van der Waals surface area contributed by atoms with E-state index in [1.165, 1.54) is 0 Å². The van der Waals surface area contributed by atoms with Gasteiger partial charge in [0.15, 0.2) is 5.76 Å². The van der Waals surface area contributed by atoms with Gasteiger partial charge in [-0.25, -0.2) is 0 Å². The first-order valence-electron chi connectivity index (χ1n) is 6.39. The van der Waals surface area contributed by atoms with Crippen LogP contribution in [0.1, 0.15) is 27.5 Å². The maximum absolute atomic E-state index is 12.4. The molecule has 0 atom stereocenters. The summed E-state index contributed by atoms with van der Waals surface area (Å²) in [6.45, 7) is 5.58. The van der Waals surface area contributed by atoms with Gasteiger partial charge >= 0.3 is 0 Å². The molecule has 1 amide bonds. The summed E-state index contributed by atoms with van der Waals surface area (Å²) >= 11 is 0. The lowest BCUT2D eigenvalue weighted by molar-refractivity contribution is 0.0997. The highest BCUT2D eigenvalue weighted by Crippen LogP contribution is 2.26. The maximum Gasteiger partial charge on any atom is 0.291 e. The van der Waals surface area contributed by atoms with Crippen molar-refractivity contribution in [2.24, 2.45) is 0 Å². The van der Waals surface area contributed by atoms with Crippen LogP contribution in [0, 0.1) is 20.8 Å². The summed E-state index contributed by atoms with van der Waals surface area (Å²) in [5.74, 6) is 0.0810. The van der Waals surface area contributed by atoms with E-state index >= 15 is 0 Å². The maximum atomic E-state index is 12.4. The van der Waals surface area contributed by atoms with Gasteiger partial charge in [-0.15, -0.1) is 0 Å². The van der Waals surface area contributed by atoms with Gasteiger partial charge in [0.25, 0.3) is 5.91 Å². The molecule has 0 radical (unpaired) electrons. The number of furan rings is 1. The SMILES string of the molecule is Cc1n[nH]c(C)c1NC(=O)c1oc2ccccc2c1C. The van der Waals surface area contributed by atoms with Gasteiger partial charge in [-0.1, -0.05) is 18.2 Å². The molecule has 5 nitrogen and oxygen atoms in total. The van der Waals surface area contributed by atoms with E-state index in [-0.39, 0.29) is 5.91 Å². The normalized spacial score (nSPS) is 10.9. The molecule has 0 bridgehead atoms. The number of carbonyl (C=O) groups excluding carboxylic acids is 1. The van der Waals surface area contributed by atoms with Gasteiger partial charge in [0.2, 0.25) is 0 Å². The van der Waals surface area contributed by atoms with Crippen LogP contribution in [0.25, 0.3) is 11.0 Å². The summed E-state index contributed by atoms with van der Waals surface area (Å²) in [4.78, 5) is 12.4. The van der Waals surface area contributed by atoms with E-state index in [4.69, 9.17) is 4.42 Å². The summed E-state index contributed by atoms with van der Waals surface area (Å²) in [5.41, 5.74) is 3.84. The van der Waals surface area contributed by atoms with E-state index in [0.29, 0.717) is 11.4 Å². The minimum Gasteiger partial charge on any atom is -0.451 e. The fourth-order valence-electron chi connectivity index (χ4n) is 2.30. The van der Waals surface area contributed by atoms with Crippen molar-refractivity contribution >= 4 is 22.6 Å². The van der Waals surface area contributed by atoms with Crippen LogP contribution in [0.15, 0.2) is 28.7 Å². The van der Waals surface area contributed by atoms with Gasteiger partial charge in [0.05, 0.1) is 17.1 Å². The summed E-state index contributed by atoms with van der Waals surface area (Å²) in [6, 6.07) is 7.61. The van der Waals surface area contributed by atoms with Crippen LogP contribution >= 0.6 is 0 Å². The molecular formula is C15H15N3O2. The zero-order valence-corrected chi connectivity index (χ0v) is 11.6. The van der Waals surface area contributed by atoms with Crippen molar-refractivity contribution in [2.45, 2.75) is 20.8 Å². The van der Waals surface area contributed by atoms with Crippen LogP contribution in [0.2, 0.25) is 0 Å². The van der Waals surface area contributed by atoms with Gasteiger partial charge in [-0.2, -0.15) is 5.10 Å². The number of hydrogen-bond donors (Lipinski definition) is 2. The Balaban J connectivity index is 1.99. The summed E-state index contributed by atoms with van der Waals surface area (Å²) < 4.78 is 5.65. The first kappa shape index (κ1) is 12.5. The monoisotopic (exact) mass is 269 g/mol. The topological polar surface area (TPSA) is 70.9 Å². The number of fused-ring (bicyclic) bond motifs is 1. The van der Waals surface area contributed by atoms with Crippen molar-refractivity contribution in [2.75, 3.05) is 5.32 Å². The average molecular weight is 269 g/mol. The number of nitrogens with zero attached hydrogens (tertiary/aromatic N) is 1. The Kier molecular flexibility index (Phi) is 2.82. The molecule has 0 saturated carbocycles. The second-order valence-corrected chi connectivity index (χ2v) is 4.82. The number of nitrogens with one attached hydrogen (secondary N) is 2. The van der Waals surface area contributed by atoms with E-state index in [9.17, 15) is 4.79 Å². The third kappa shape index (κ3) is 1.87. The van der Waals surface area contributed by atoms with Crippen molar-refractivity contribution in [3.8, 4) is 0 Å². The molecule has 2 N–H and O–H groups in total. The molecular weight excluding hydrogens is 254 g/mol. The number of anilines is 1. The van der Waals surface area contributed by atoms with Crippen molar-refractivity contribution in [1.82, 2.24) is 10.2 Å². The molecule has 5 heteroatoms. The molecule has 0 fully saturated rings. The zero-order valence-electron chi connectivity index (χ0n) is 11.6. The summed E-state index contributed by atoms with van der Waals surface area (Å²) in [6.07, 6.45) is 0. The highest BCUT2D eigenvalue weighted by Gasteiger charge is 2.19. The van der Waals surface area contributed by atoms with E-state index < -0.39 is 0 Å². The van der Waals surface area contributed by atoms with Crippen LogP contribution in [0.3, 0.4) is 0 Å². The number of amides is 1.